The molecule has 2 amide bonds. The lowest BCUT2D eigenvalue weighted by Gasteiger charge is -2.31. The first-order chi connectivity index (χ1) is 7.59. The highest BCUT2D eigenvalue weighted by atomic mass is 79.9. The number of furan rings is 1. The Balaban J connectivity index is 2.12. The van der Waals surface area contributed by atoms with Crippen LogP contribution in [0.4, 0.5) is 0 Å². The van der Waals surface area contributed by atoms with E-state index < -0.39 is 0 Å². The molecule has 0 atom stereocenters. The maximum Gasteiger partial charge on any atom is 0.258 e. The Hall–Kier alpha value is -1.30. The highest BCUT2D eigenvalue weighted by Crippen LogP contribution is 2.20. The Morgan fingerprint density at radius 2 is 2.25 bits per heavy atom. The second-order valence-corrected chi connectivity index (χ2v) is 4.37. The fraction of sp³-hybridized carbons (Fsp3) is 0.400. The predicted molar refractivity (Wildman–Crippen MR) is 59.9 cm³/mol. The van der Waals surface area contributed by atoms with Gasteiger partial charge >= 0.3 is 0 Å². The molecule has 0 unspecified atom stereocenters. The summed E-state index contributed by atoms with van der Waals surface area (Å²) in [5.74, 6) is -0.221. The van der Waals surface area contributed by atoms with Crippen molar-refractivity contribution in [1.29, 1.82) is 0 Å². The van der Waals surface area contributed by atoms with Crippen LogP contribution >= 0.6 is 15.9 Å². The summed E-state index contributed by atoms with van der Waals surface area (Å²) in [5.41, 5.74) is 0.456. The number of rotatable bonds is 1. The summed E-state index contributed by atoms with van der Waals surface area (Å²) < 4.78 is 5.40. The van der Waals surface area contributed by atoms with Gasteiger partial charge in [-0.25, -0.2) is 0 Å². The second kappa shape index (κ2) is 4.29. The lowest BCUT2D eigenvalue weighted by atomic mass is 10.2. The van der Waals surface area contributed by atoms with E-state index in [1.54, 1.807) is 18.0 Å². The maximum atomic E-state index is 12.0. The molecule has 1 aliphatic heterocycles. The SMILES string of the molecule is CN1CCN(C(=O)c2ccoc2Br)CC1=O. The zero-order valence-corrected chi connectivity index (χ0v) is 10.4. The molecule has 1 aromatic rings. The quantitative estimate of drug-likeness (QED) is 0.773. The standard InChI is InChI=1S/C10H11BrN2O3/c1-12-3-4-13(6-8(12)14)10(15)7-2-5-16-9(7)11/h2,5H,3-4,6H2,1H3. The normalized spacial score (nSPS) is 16.8. The Morgan fingerprint density at radius 1 is 1.50 bits per heavy atom. The van der Waals surface area contributed by atoms with Crippen molar-refractivity contribution in [3.05, 3.63) is 22.6 Å². The third-order valence-corrected chi connectivity index (χ3v) is 3.21. The van der Waals surface area contributed by atoms with Crippen molar-refractivity contribution in [2.45, 2.75) is 0 Å². The number of carbonyl (C=O) groups is 2. The van der Waals surface area contributed by atoms with Crippen LogP contribution in [0.1, 0.15) is 10.4 Å². The zero-order chi connectivity index (χ0) is 11.7. The molecule has 0 saturated carbocycles. The van der Waals surface area contributed by atoms with Crippen LogP contribution in [0.15, 0.2) is 21.4 Å². The van der Waals surface area contributed by atoms with Crippen LogP contribution in [0.2, 0.25) is 0 Å². The van der Waals surface area contributed by atoms with Gasteiger partial charge in [0.15, 0.2) is 4.67 Å². The average Bonchev–Trinajstić information content (AvgIpc) is 2.67. The predicted octanol–water partition coefficient (Wildman–Crippen LogP) is 0.956. The summed E-state index contributed by atoms with van der Waals surface area (Å²) in [7, 11) is 1.73. The summed E-state index contributed by atoms with van der Waals surface area (Å²) in [5, 5.41) is 0. The highest BCUT2D eigenvalue weighted by Gasteiger charge is 2.27. The number of carbonyl (C=O) groups excluding carboxylic acids is 2. The lowest BCUT2D eigenvalue weighted by molar-refractivity contribution is -0.133. The molecule has 1 fully saturated rings. The van der Waals surface area contributed by atoms with Crippen LogP contribution < -0.4 is 0 Å². The highest BCUT2D eigenvalue weighted by molar-refractivity contribution is 9.10. The molecule has 1 aliphatic rings. The average molecular weight is 287 g/mol. The van der Waals surface area contributed by atoms with Gasteiger partial charge in [-0.15, -0.1) is 0 Å². The Bertz CT molecular complexity index is 429. The molecular weight excluding hydrogens is 276 g/mol. The first-order valence-corrected chi connectivity index (χ1v) is 5.65. The minimum absolute atomic E-state index is 0.0424. The summed E-state index contributed by atoms with van der Waals surface area (Å²) in [4.78, 5) is 26.6. The van der Waals surface area contributed by atoms with Crippen LogP contribution in [-0.2, 0) is 4.79 Å². The molecule has 6 heteroatoms. The van der Waals surface area contributed by atoms with E-state index in [0.29, 0.717) is 23.3 Å². The number of hydrogen-bond acceptors (Lipinski definition) is 3. The number of likely N-dealkylation sites (N-methyl/N-ethyl adjacent to an activating group) is 1. The Morgan fingerprint density at radius 3 is 2.81 bits per heavy atom. The number of amides is 2. The minimum atomic E-state index is -0.179. The van der Waals surface area contributed by atoms with Crippen LogP contribution in [0.25, 0.3) is 0 Å². The van der Waals surface area contributed by atoms with Crippen molar-refractivity contribution in [2.75, 3.05) is 26.7 Å². The molecule has 0 aliphatic carbocycles. The van der Waals surface area contributed by atoms with E-state index in [4.69, 9.17) is 4.42 Å². The molecule has 0 spiro atoms. The fourth-order valence-corrected chi connectivity index (χ4v) is 1.96. The maximum absolute atomic E-state index is 12.0. The molecule has 1 saturated heterocycles. The van der Waals surface area contributed by atoms with Gasteiger partial charge < -0.3 is 14.2 Å². The van der Waals surface area contributed by atoms with E-state index in [9.17, 15) is 9.59 Å². The number of halogens is 1. The van der Waals surface area contributed by atoms with Crippen molar-refractivity contribution in [3.63, 3.8) is 0 Å². The van der Waals surface area contributed by atoms with E-state index in [1.807, 2.05) is 0 Å². The Kier molecular flexibility index (Phi) is 3.00. The van der Waals surface area contributed by atoms with Crippen LogP contribution in [-0.4, -0.2) is 48.3 Å². The summed E-state index contributed by atoms with van der Waals surface area (Å²) >= 11 is 3.15. The van der Waals surface area contributed by atoms with E-state index in [-0.39, 0.29) is 18.4 Å². The minimum Gasteiger partial charge on any atom is -0.457 e. The largest absolute Gasteiger partial charge is 0.457 e. The van der Waals surface area contributed by atoms with Crippen LogP contribution in [0.3, 0.4) is 0 Å². The molecule has 0 N–H and O–H groups in total. The second-order valence-electron chi connectivity index (χ2n) is 3.65. The number of piperazine rings is 1. The lowest BCUT2D eigenvalue weighted by Crippen LogP contribution is -2.50. The van der Waals surface area contributed by atoms with Crippen molar-refractivity contribution in [2.24, 2.45) is 0 Å². The van der Waals surface area contributed by atoms with Gasteiger partial charge in [-0.3, -0.25) is 9.59 Å². The van der Waals surface area contributed by atoms with Gasteiger partial charge in [-0.2, -0.15) is 0 Å². The fourth-order valence-electron chi connectivity index (χ4n) is 1.55. The molecule has 0 radical (unpaired) electrons. The molecule has 0 bridgehead atoms. The molecule has 16 heavy (non-hydrogen) atoms. The van der Waals surface area contributed by atoms with Gasteiger partial charge in [0.05, 0.1) is 11.8 Å². The third kappa shape index (κ3) is 1.97. The van der Waals surface area contributed by atoms with E-state index in [2.05, 4.69) is 15.9 Å². The first-order valence-electron chi connectivity index (χ1n) is 4.86. The topological polar surface area (TPSA) is 53.8 Å². The molecule has 86 valence electrons. The zero-order valence-electron chi connectivity index (χ0n) is 8.77. The molecule has 0 aromatic carbocycles. The summed E-state index contributed by atoms with van der Waals surface area (Å²) in [6.45, 7) is 1.26. The van der Waals surface area contributed by atoms with E-state index in [0.717, 1.165) is 0 Å². The molecule has 1 aromatic heterocycles. The van der Waals surface area contributed by atoms with E-state index >= 15 is 0 Å². The third-order valence-electron chi connectivity index (χ3n) is 2.59. The molecular formula is C10H11BrN2O3. The molecule has 2 rings (SSSR count). The van der Waals surface area contributed by atoms with Gasteiger partial charge in [0.25, 0.3) is 5.91 Å². The smallest absolute Gasteiger partial charge is 0.258 e. The molecule has 5 nitrogen and oxygen atoms in total. The Labute approximate surface area is 101 Å². The van der Waals surface area contributed by atoms with Gasteiger partial charge in [0.1, 0.15) is 6.54 Å². The van der Waals surface area contributed by atoms with Gasteiger partial charge in [-0.1, -0.05) is 0 Å². The monoisotopic (exact) mass is 286 g/mol. The van der Waals surface area contributed by atoms with Crippen molar-refractivity contribution >= 4 is 27.7 Å². The number of nitrogens with zero attached hydrogens (tertiary/aromatic N) is 2. The summed E-state index contributed by atoms with van der Waals surface area (Å²) in [6.07, 6.45) is 1.44. The molecule has 2 heterocycles. The van der Waals surface area contributed by atoms with Crippen molar-refractivity contribution in [3.8, 4) is 0 Å². The first kappa shape index (κ1) is 11.2. The van der Waals surface area contributed by atoms with Gasteiger partial charge in [0, 0.05) is 20.1 Å². The van der Waals surface area contributed by atoms with Crippen LogP contribution in [0.5, 0.6) is 0 Å². The van der Waals surface area contributed by atoms with Crippen molar-refractivity contribution in [1.82, 2.24) is 9.80 Å². The van der Waals surface area contributed by atoms with Gasteiger partial charge in [-0.05, 0) is 22.0 Å². The summed E-state index contributed by atoms with van der Waals surface area (Å²) in [6, 6.07) is 1.59. The number of hydrogen-bond donors (Lipinski definition) is 0. The van der Waals surface area contributed by atoms with E-state index in [1.165, 1.54) is 11.2 Å². The van der Waals surface area contributed by atoms with Gasteiger partial charge in [0.2, 0.25) is 5.91 Å². The van der Waals surface area contributed by atoms with Crippen molar-refractivity contribution < 1.29 is 14.0 Å². The van der Waals surface area contributed by atoms with Crippen LogP contribution in [0, 0.1) is 0 Å².